The Bertz CT molecular complexity index is 765. The van der Waals surface area contributed by atoms with Gasteiger partial charge in [0.2, 0.25) is 0 Å². The van der Waals surface area contributed by atoms with Crippen molar-refractivity contribution in [3.8, 4) is 5.75 Å². The van der Waals surface area contributed by atoms with Crippen molar-refractivity contribution in [2.24, 2.45) is 5.92 Å². The molecule has 7 nitrogen and oxygen atoms in total. The minimum Gasteiger partial charge on any atom is -0.493 e. The van der Waals surface area contributed by atoms with Gasteiger partial charge in [-0.05, 0) is 30.7 Å². The van der Waals surface area contributed by atoms with Crippen molar-refractivity contribution < 1.29 is 19.1 Å². The predicted molar refractivity (Wildman–Crippen MR) is 111 cm³/mol. The first-order chi connectivity index (χ1) is 13.9. The summed E-state index contributed by atoms with van der Waals surface area (Å²) in [6.45, 7) is 8.57. The normalized spacial score (nSPS) is 18.4. The molecule has 2 aliphatic heterocycles. The first-order valence-corrected chi connectivity index (χ1v) is 10.2. The third-order valence-corrected chi connectivity index (χ3v) is 5.21. The molecule has 0 spiro atoms. The van der Waals surface area contributed by atoms with Crippen molar-refractivity contribution in [3.63, 3.8) is 0 Å². The average Bonchev–Trinajstić information content (AvgIpc) is 2.96. The summed E-state index contributed by atoms with van der Waals surface area (Å²) in [7, 11) is 3.63. The lowest BCUT2D eigenvalue weighted by molar-refractivity contribution is -0.138. The van der Waals surface area contributed by atoms with Gasteiger partial charge in [-0.3, -0.25) is 14.5 Å². The molecule has 158 valence electrons. The molecule has 0 bridgehead atoms. The van der Waals surface area contributed by atoms with E-state index in [4.69, 9.17) is 9.47 Å². The minimum absolute atomic E-state index is 0.230. The molecule has 7 heteroatoms. The number of hydrogen-bond donors (Lipinski definition) is 0. The molecule has 1 fully saturated rings. The van der Waals surface area contributed by atoms with Gasteiger partial charge < -0.3 is 19.3 Å². The summed E-state index contributed by atoms with van der Waals surface area (Å²) in [4.78, 5) is 31.9. The molecule has 2 heterocycles. The molecule has 1 aromatic carbocycles. The Morgan fingerprint density at radius 2 is 1.66 bits per heavy atom. The molecule has 1 saturated heterocycles. The Hall–Kier alpha value is -2.38. The van der Waals surface area contributed by atoms with Crippen LogP contribution in [0.2, 0.25) is 0 Å². The lowest BCUT2D eigenvalue weighted by Gasteiger charge is -2.34. The Balaban J connectivity index is 1.91. The van der Waals surface area contributed by atoms with Crippen LogP contribution < -0.4 is 4.74 Å². The quantitative estimate of drug-likeness (QED) is 0.618. The van der Waals surface area contributed by atoms with E-state index < -0.39 is 0 Å². The maximum Gasteiger partial charge on any atom is 0.277 e. The van der Waals surface area contributed by atoms with Gasteiger partial charge in [-0.25, -0.2) is 0 Å². The standard InChI is InChI=1S/C22H31N3O4/c1-16(2)15-29-18-7-5-17(6-8-18)19-20(24-11-9-23(3)10-12-24)22(27)25(21(19)26)13-14-28-4/h5-8,16H,9-15H2,1-4H3. The van der Waals surface area contributed by atoms with Crippen LogP contribution in [0.3, 0.4) is 0 Å². The van der Waals surface area contributed by atoms with E-state index in [1.165, 1.54) is 4.90 Å². The fourth-order valence-electron chi connectivity index (χ4n) is 3.51. The number of ether oxygens (including phenoxy) is 2. The van der Waals surface area contributed by atoms with Crippen LogP contribution in [-0.2, 0) is 14.3 Å². The molecule has 0 aliphatic carbocycles. The van der Waals surface area contributed by atoms with Crippen molar-refractivity contribution in [2.45, 2.75) is 13.8 Å². The Morgan fingerprint density at radius 1 is 1.00 bits per heavy atom. The second kappa shape index (κ2) is 9.41. The van der Waals surface area contributed by atoms with Crippen molar-refractivity contribution in [1.29, 1.82) is 0 Å². The largest absolute Gasteiger partial charge is 0.493 e. The molecular weight excluding hydrogens is 370 g/mol. The summed E-state index contributed by atoms with van der Waals surface area (Å²) >= 11 is 0. The Kier molecular flexibility index (Phi) is 6.92. The molecular formula is C22H31N3O4. The zero-order valence-electron chi connectivity index (χ0n) is 17.8. The van der Waals surface area contributed by atoms with Crippen LogP contribution in [0.25, 0.3) is 5.57 Å². The molecule has 1 aromatic rings. The van der Waals surface area contributed by atoms with Crippen molar-refractivity contribution in [2.75, 3.05) is 60.1 Å². The van der Waals surface area contributed by atoms with Gasteiger partial charge in [0.1, 0.15) is 11.4 Å². The van der Waals surface area contributed by atoms with Gasteiger partial charge >= 0.3 is 0 Å². The minimum atomic E-state index is -0.253. The van der Waals surface area contributed by atoms with Crippen LogP contribution in [0, 0.1) is 5.92 Å². The van der Waals surface area contributed by atoms with Gasteiger partial charge in [-0.2, -0.15) is 0 Å². The van der Waals surface area contributed by atoms with E-state index in [2.05, 4.69) is 25.8 Å². The SMILES string of the molecule is COCCN1C(=O)C(c2ccc(OCC(C)C)cc2)=C(N2CCN(C)CC2)C1=O. The van der Waals surface area contributed by atoms with Crippen molar-refractivity contribution >= 4 is 17.4 Å². The summed E-state index contributed by atoms with van der Waals surface area (Å²) in [5, 5.41) is 0. The molecule has 0 saturated carbocycles. The summed E-state index contributed by atoms with van der Waals surface area (Å²) in [5.74, 6) is 0.713. The molecule has 3 rings (SSSR count). The number of amides is 2. The second-order valence-electron chi connectivity index (χ2n) is 8.00. The van der Waals surface area contributed by atoms with Gasteiger partial charge in [-0.15, -0.1) is 0 Å². The van der Waals surface area contributed by atoms with Crippen LogP contribution in [0.1, 0.15) is 19.4 Å². The van der Waals surface area contributed by atoms with Gasteiger partial charge in [0.15, 0.2) is 0 Å². The van der Waals surface area contributed by atoms with Crippen molar-refractivity contribution in [1.82, 2.24) is 14.7 Å². The van der Waals surface area contributed by atoms with Crippen LogP contribution in [0.4, 0.5) is 0 Å². The lowest BCUT2D eigenvalue weighted by Crippen LogP contribution is -2.46. The Labute approximate surface area is 172 Å². The summed E-state index contributed by atoms with van der Waals surface area (Å²) < 4.78 is 10.8. The molecule has 0 aromatic heterocycles. The monoisotopic (exact) mass is 401 g/mol. The molecule has 0 unspecified atom stereocenters. The number of methoxy groups -OCH3 is 1. The maximum absolute atomic E-state index is 13.2. The molecule has 29 heavy (non-hydrogen) atoms. The highest BCUT2D eigenvalue weighted by Gasteiger charge is 2.41. The molecule has 0 N–H and O–H groups in total. The first-order valence-electron chi connectivity index (χ1n) is 10.2. The first kappa shape index (κ1) is 21.3. The smallest absolute Gasteiger partial charge is 0.277 e. The number of nitrogens with zero attached hydrogens (tertiary/aromatic N) is 3. The highest BCUT2D eigenvalue weighted by atomic mass is 16.5. The molecule has 2 aliphatic rings. The number of rotatable bonds is 8. The van der Waals surface area contributed by atoms with E-state index in [1.54, 1.807) is 7.11 Å². The van der Waals surface area contributed by atoms with E-state index in [0.717, 1.165) is 37.5 Å². The summed E-state index contributed by atoms with van der Waals surface area (Å²) in [6.07, 6.45) is 0. The van der Waals surface area contributed by atoms with E-state index in [0.29, 0.717) is 30.4 Å². The van der Waals surface area contributed by atoms with E-state index in [1.807, 2.05) is 29.2 Å². The summed E-state index contributed by atoms with van der Waals surface area (Å²) in [5.41, 5.74) is 1.73. The number of hydrogen-bond acceptors (Lipinski definition) is 6. The van der Waals surface area contributed by atoms with E-state index in [-0.39, 0.29) is 18.4 Å². The van der Waals surface area contributed by atoms with Gasteiger partial charge in [0.05, 0.1) is 25.3 Å². The Morgan fingerprint density at radius 3 is 2.24 bits per heavy atom. The van der Waals surface area contributed by atoms with Crippen LogP contribution >= 0.6 is 0 Å². The van der Waals surface area contributed by atoms with E-state index in [9.17, 15) is 9.59 Å². The number of imide groups is 1. The van der Waals surface area contributed by atoms with Gasteiger partial charge in [0.25, 0.3) is 11.8 Å². The molecule has 2 amide bonds. The zero-order valence-corrected chi connectivity index (χ0v) is 17.8. The van der Waals surface area contributed by atoms with Crippen molar-refractivity contribution in [3.05, 3.63) is 35.5 Å². The second-order valence-corrected chi connectivity index (χ2v) is 8.00. The molecule has 0 atom stereocenters. The lowest BCUT2D eigenvalue weighted by atomic mass is 10.0. The van der Waals surface area contributed by atoms with Crippen LogP contribution in [0.15, 0.2) is 30.0 Å². The van der Waals surface area contributed by atoms with Gasteiger partial charge in [0, 0.05) is 33.3 Å². The summed E-state index contributed by atoms with van der Waals surface area (Å²) in [6, 6.07) is 7.46. The number of benzene rings is 1. The number of carbonyl (C=O) groups excluding carboxylic acids is 2. The van der Waals surface area contributed by atoms with Gasteiger partial charge in [-0.1, -0.05) is 26.0 Å². The fourth-order valence-corrected chi connectivity index (χ4v) is 3.51. The predicted octanol–water partition coefficient (Wildman–Crippen LogP) is 1.70. The third-order valence-electron chi connectivity index (χ3n) is 5.21. The number of carbonyl (C=O) groups is 2. The molecule has 0 radical (unpaired) electrons. The highest BCUT2D eigenvalue weighted by Crippen LogP contribution is 2.32. The third kappa shape index (κ3) is 4.79. The number of piperazine rings is 1. The van der Waals surface area contributed by atoms with Crippen LogP contribution in [-0.4, -0.2) is 86.6 Å². The van der Waals surface area contributed by atoms with Crippen LogP contribution in [0.5, 0.6) is 5.75 Å². The highest BCUT2D eigenvalue weighted by molar-refractivity contribution is 6.35. The topological polar surface area (TPSA) is 62.3 Å². The average molecular weight is 402 g/mol. The fraction of sp³-hybridized carbons (Fsp3) is 0.545. The maximum atomic E-state index is 13.2. The zero-order chi connectivity index (χ0) is 21.0. The van der Waals surface area contributed by atoms with E-state index >= 15 is 0 Å². The number of likely N-dealkylation sites (N-methyl/N-ethyl adjacent to an activating group) is 1.